The van der Waals surface area contributed by atoms with Crippen molar-refractivity contribution in [2.75, 3.05) is 0 Å². The van der Waals surface area contributed by atoms with E-state index in [2.05, 4.69) is 152 Å². The first-order valence-electron chi connectivity index (χ1n) is 16.7. The van der Waals surface area contributed by atoms with Gasteiger partial charge in [0, 0.05) is 53.2 Å². The molecule has 10 aromatic rings. The minimum absolute atomic E-state index is 0.681. The van der Waals surface area contributed by atoms with Crippen LogP contribution >= 0.6 is 11.3 Å². The third kappa shape index (κ3) is 4.65. The summed E-state index contributed by atoms with van der Waals surface area (Å²) in [6.45, 7) is 0. The second kappa shape index (κ2) is 11.7. The molecule has 3 nitrogen and oxygen atoms in total. The van der Waals surface area contributed by atoms with Crippen LogP contribution in [-0.4, -0.2) is 9.97 Å². The van der Waals surface area contributed by atoms with E-state index in [1.807, 2.05) is 29.5 Å². The van der Waals surface area contributed by atoms with Crippen molar-refractivity contribution in [3.8, 4) is 56.2 Å². The smallest absolute Gasteiger partial charge is 0.161 e. The largest absolute Gasteiger partial charge is 0.455 e. The summed E-state index contributed by atoms with van der Waals surface area (Å²) in [6, 6.07) is 59.4. The molecule has 0 atom stereocenters. The van der Waals surface area contributed by atoms with E-state index in [9.17, 15) is 0 Å². The number of nitrogens with zero attached hydrogens (tertiary/aromatic N) is 2. The van der Waals surface area contributed by atoms with Gasteiger partial charge < -0.3 is 4.42 Å². The third-order valence-corrected chi connectivity index (χ3v) is 10.7. The molecule has 0 saturated heterocycles. The normalized spacial score (nSPS) is 11.6. The second-order valence-corrected chi connectivity index (χ2v) is 13.6. The molecule has 0 bridgehead atoms. The zero-order valence-corrected chi connectivity index (χ0v) is 27.7. The average molecular weight is 657 g/mol. The van der Waals surface area contributed by atoms with Crippen molar-refractivity contribution in [2.45, 2.75) is 0 Å². The van der Waals surface area contributed by atoms with Crippen LogP contribution in [0, 0.1) is 0 Å². The van der Waals surface area contributed by atoms with Gasteiger partial charge in [0.1, 0.15) is 11.2 Å². The summed E-state index contributed by atoms with van der Waals surface area (Å²) in [5, 5.41) is 4.64. The zero-order valence-electron chi connectivity index (χ0n) is 26.9. The molecule has 0 N–H and O–H groups in total. The van der Waals surface area contributed by atoms with Crippen molar-refractivity contribution in [3.05, 3.63) is 170 Å². The number of hydrogen-bond donors (Lipinski definition) is 0. The summed E-state index contributed by atoms with van der Waals surface area (Å²) in [7, 11) is 0. The predicted molar refractivity (Wildman–Crippen MR) is 209 cm³/mol. The molecular formula is C46H28N2OS. The highest BCUT2D eigenvalue weighted by Crippen LogP contribution is 2.46. The van der Waals surface area contributed by atoms with Crippen LogP contribution in [0.25, 0.3) is 98.3 Å². The second-order valence-electron chi connectivity index (χ2n) is 12.5. The summed E-state index contributed by atoms with van der Waals surface area (Å²) in [5.41, 5.74) is 10.9. The number of para-hydroxylation sites is 1. The van der Waals surface area contributed by atoms with Gasteiger partial charge in [0.15, 0.2) is 5.82 Å². The molecule has 234 valence electrons. The molecule has 0 aliphatic rings. The maximum Gasteiger partial charge on any atom is 0.161 e. The fourth-order valence-electron chi connectivity index (χ4n) is 7.26. The van der Waals surface area contributed by atoms with Crippen molar-refractivity contribution in [1.82, 2.24) is 9.97 Å². The molecule has 0 amide bonds. The molecule has 7 aromatic carbocycles. The number of furan rings is 1. The van der Waals surface area contributed by atoms with E-state index in [1.54, 1.807) is 0 Å². The molecule has 3 aromatic heterocycles. The van der Waals surface area contributed by atoms with Gasteiger partial charge in [-0.3, -0.25) is 0 Å². The Bertz CT molecular complexity index is 2870. The predicted octanol–water partition coefficient (Wildman–Crippen LogP) is 13.1. The number of rotatable bonds is 5. The van der Waals surface area contributed by atoms with Gasteiger partial charge in [-0.15, -0.1) is 11.3 Å². The van der Waals surface area contributed by atoms with E-state index in [4.69, 9.17) is 14.4 Å². The van der Waals surface area contributed by atoms with Gasteiger partial charge in [0.2, 0.25) is 0 Å². The number of benzene rings is 7. The van der Waals surface area contributed by atoms with E-state index in [0.717, 1.165) is 66.7 Å². The number of fused-ring (bicyclic) bond motifs is 6. The van der Waals surface area contributed by atoms with Gasteiger partial charge >= 0.3 is 0 Å². The minimum Gasteiger partial charge on any atom is -0.455 e. The van der Waals surface area contributed by atoms with Gasteiger partial charge in [-0.2, -0.15) is 0 Å². The van der Waals surface area contributed by atoms with Crippen LogP contribution in [0.3, 0.4) is 0 Å². The monoisotopic (exact) mass is 656 g/mol. The Morgan fingerprint density at radius 3 is 1.86 bits per heavy atom. The molecule has 0 unspecified atom stereocenters. The first kappa shape index (κ1) is 28.6. The Kier molecular flexibility index (Phi) is 6.68. The molecule has 4 heteroatoms. The molecule has 0 aliphatic carbocycles. The topological polar surface area (TPSA) is 38.9 Å². The van der Waals surface area contributed by atoms with Gasteiger partial charge in [0.25, 0.3) is 0 Å². The Labute approximate surface area is 292 Å². The molecular weight excluding hydrogens is 629 g/mol. The first-order valence-corrected chi connectivity index (χ1v) is 17.6. The van der Waals surface area contributed by atoms with Crippen LogP contribution in [0.4, 0.5) is 0 Å². The molecule has 10 rings (SSSR count). The number of thiophene rings is 1. The molecule has 0 spiro atoms. The lowest BCUT2D eigenvalue weighted by molar-refractivity contribution is 0.670. The van der Waals surface area contributed by atoms with Crippen molar-refractivity contribution < 1.29 is 4.42 Å². The van der Waals surface area contributed by atoms with Crippen molar-refractivity contribution in [1.29, 1.82) is 0 Å². The standard InChI is InChI=1S/C46H28N2OS/c1-3-14-29(15-4-1)31-18-7-8-19-34(31)46-47-38(30-16-5-2-6-17-30)28-39(48-46)35-27-26-33(45-44(35)36-20-9-11-23-40(36)49-45)32-22-13-25-42-43(32)37-21-10-12-24-41(37)50-42/h1-28H. The summed E-state index contributed by atoms with van der Waals surface area (Å²) in [5.74, 6) is 0.681. The molecule has 3 heterocycles. The lowest BCUT2D eigenvalue weighted by Gasteiger charge is -2.14. The van der Waals surface area contributed by atoms with E-state index < -0.39 is 0 Å². The summed E-state index contributed by atoms with van der Waals surface area (Å²) >= 11 is 1.83. The van der Waals surface area contributed by atoms with Gasteiger partial charge in [-0.05, 0) is 47.0 Å². The molecule has 0 radical (unpaired) electrons. The SMILES string of the molecule is c1ccc(-c2cc(-c3ccc(-c4cccc5sc6ccccc6c45)c4oc5ccccc5c34)nc(-c3ccccc3-c3ccccc3)n2)cc1. The zero-order chi connectivity index (χ0) is 33.0. The van der Waals surface area contributed by atoms with Crippen LogP contribution in [0.5, 0.6) is 0 Å². The van der Waals surface area contributed by atoms with Crippen molar-refractivity contribution >= 4 is 53.4 Å². The maximum absolute atomic E-state index is 6.80. The van der Waals surface area contributed by atoms with Gasteiger partial charge in [0.05, 0.1) is 11.4 Å². The lowest BCUT2D eigenvalue weighted by atomic mass is 9.94. The summed E-state index contributed by atoms with van der Waals surface area (Å²) in [4.78, 5) is 10.6. The Hall–Kier alpha value is -6.36. The van der Waals surface area contributed by atoms with E-state index in [1.165, 1.54) is 25.7 Å². The van der Waals surface area contributed by atoms with Crippen molar-refractivity contribution in [3.63, 3.8) is 0 Å². The fraction of sp³-hybridized carbons (Fsp3) is 0. The quantitative estimate of drug-likeness (QED) is 0.185. The molecule has 0 aliphatic heterocycles. The molecule has 0 saturated carbocycles. The number of hydrogen-bond acceptors (Lipinski definition) is 4. The van der Waals surface area contributed by atoms with Crippen LogP contribution in [0.1, 0.15) is 0 Å². The molecule has 0 fully saturated rings. The summed E-state index contributed by atoms with van der Waals surface area (Å²) < 4.78 is 9.35. The minimum atomic E-state index is 0.681. The van der Waals surface area contributed by atoms with Crippen LogP contribution < -0.4 is 0 Å². The van der Waals surface area contributed by atoms with Gasteiger partial charge in [-0.1, -0.05) is 140 Å². The van der Waals surface area contributed by atoms with E-state index in [0.29, 0.717) is 5.82 Å². The highest BCUT2D eigenvalue weighted by Gasteiger charge is 2.22. The molecule has 50 heavy (non-hydrogen) atoms. The average Bonchev–Trinajstić information content (AvgIpc) is 3.77. The maximum atomic E-state index is 6.80. The third-order valence-electron chi connectivity index (χ3n) is 9.54. The number of aromatic nitrogens is 2. The Morgan fingerprint density at radius 2 is 1.02 bits per heavy atom. The van der Waals surface area contributed by atoms with Crippen LogP contribution in [0.2, 0.25) is 0 Å². The first-order chi connectivity index (χ1) is 24.8. The van der Waals surface area contributed by atoms with Crippen molar-refractivity contribution in [2.24, 2.45) is 0 Å². The highest BCUT2D eigenvalue weighted by molar-refractivity contribution is 7.25. The van der Waals surface area contributed by atoms with E-state index >= 15 is 0 Å². The summed E-state index contributed by atoms with van der Waals surface area (Å²) in [6.07, 6.45) is 0. The van der Waals surface area contributed by atoms with E-state index in [-0.39, 0.29) is 0 Å². The Balaban J connectivity index is 1.26. The Morgan fingerprint density at radius 1 is 0.400 bits per heavy atom. The van der Waals surface area contributed by atoms with Gasteiger partial charge in [-0.25, -0.2) is 9.97 Å². The van der Waals surface area contributed by atoms with Crippen LogP contribution in [-0.2, 0) is 0 Å². The fourth-order valence-corrected chi connectivity index (χ4v) is 8.40. The van der Waals surface area contributed by atoms with Crippen LogP contribution in [0.15, 0.2) is 174 Å². The highest BCUT2D eigenvalue weighted by atomic mass is 32.1. The lowest BCUT2D eigenvalue weighted by Crippen LogP contribution is -1.98.